The molecule has 0 spiro atoms. The Hall–Kier alpha value is -2.62. The van der Waals surface area contributed by atoms with Crippen molar-refractivity contribution in [2.45, 2.75) is 71.4 Å². The van der Waals surface area contributed by atoms with Gasteiger partial charge >= 0.3 is 0 Å². The third-order valence-electron chi connectivity index (χ3n) is 6.14. The summed E-state index contributed by atoms with van der Waals surface area (Å²) in [6, 6.07) is 17.2. The van der Waals surface area contributed by atoms with E-state index in [0.29, 0.717) is 6.42 Å². The Balaban J connectivity index is 1.71. The quantitative estimate of drug-likeness (QED) is 0.579. The van der Waals surface area contributed by atoms with Gasteiger partial charge in [-0.1, -0.05) is 57.2 Å². The molecule has 1 aromatic heterocycles. The van der Waals surface area contributed by atoms with Crippen molar-refractivity contribution in [3.8, 4) is 0 Å². The second kappa shape index (κ2) is 7.26. The number of carbonyl (C=O) groups excluding carboxylic acids is 1. The zero-order valence-electron chi connectivity index (χ0n) is 19.1. The van der Waals surface area contributed by atoms with Gasteiger partial charge in [-0.2, -0.15) is 0 Å². The fourth-order valence-corrected chi connectivity index (χ4v) is 4.39. The lowest BCUT2D eigenvalue weighted by atomic mass is 9.87. The van der Waals surface area contributed by atoms with E-state index in [1.54, 1.807) is 0 Å². The highest BCUT2D eigenvalue weighted by molar-refractivity contribution is 5.81. The van der Waals surface area contributed by atoms with E-state index in [0.717, 1.165) is 29.9 Å². The summed E-state index contributed by atoms with van der Waals surface area (Å²) >= 11 is 0. The molecule has 2 aromatic carbocycles. The van der Waals surface area contributed by atoms with Crippen molar-refractivity contribution < 1.29 is 4.79 Å². The maximum Gasteiger partial charge on any atom is 0.223 e. The highest BCUT2D eigenvalue weighted by Gasteiger charge is 2.39. The Morgan fingerprint density at radius 1 is 0.967 bits per heavy atom. The monoisotopic (exact) mass is 403 g/mol. The molecule has 1 atom stereocenters. The molecule has 1 amide bonds. The summed E-state index contributed by atoms with van der Waals surface area (Å²) in [6.45, 7) is 14.5. The number of amides is 1. The molecule has 0 radical (unpaired) electrons. The normalized spacial score (nSPS) is 17.9. The molecule has 1 aliphatic rings. The van der Waals surface area contributed by atoms with Crippen molar-refractivity contribution >= 4 is 16.9 Å². The van der Waals surface area contributed by atoms with Crippen LogP contribution in [0.25, 0.3) is 11.0 Å². The first-order valence-electron chi connectivity index (χ1n) is 10.9. The molecule has 1 aliphatic heterocycles. The van der Waals surface area contributed by atoms with Gasteiger partial charge in [0.25, 0.3) is 0 Å². The van der Waals surface area contributed by atoms with Crippen LogP contribution in [0.4, 0.5) is 0 Å². The minimum Gasteiger partial charge on any atom is -0.337 e. The molecule has 0 saturated carbocycles. The lowest BCUT2D eigenvalue weighted by molar-refractivity contribution is -0.131. The van der Waals surface area contributed by atoms with Crippen LogP contribution < -0.4 is 0 Å². The summed E-state index contributed by atoms with van der Waals surface area (Å²) in [7, 11) is 0. The second-order valence-corrected chi connectivity index (χ2v) is 10.6. The van der Waals surface area contributed by atoms with Crippen molar-refractivity contribution in [1.82, 2.24) is 14.5 Å². The maximum atomic E-state index is 12.7. The summed E-state index contributed by atoms with van der Waals surface area (Å²) in [5, 5.41) is 0. The third kappa shape index (κ3) is 3.88. The van der Waals surface area contributed by atoms with Crippen LogP contribution in [0.3, 0.4) is 0 Å². The van der Waals surface area contributed by atoms with Crippen LogP contribution in [-0.4, -0.2) is 32.4 Å². The smallest absolute Gasteiger partial charge is 0.223 e. The van der Waals surface area contributed by atoms with Crippen molar-refractivity contribution in [2.75, 3.05) is 6.54 Å². The fourth-order valence-electron chi connectivity index (χ4n) is 4.39. The lowest BCUT2D eigenvalue weighted by Gasteiger charge is -2.32. The van der Waals surface area contributed by atoms with Crippen LogP contribution in [0.5, 0.6) is 0 Å². The van der Waals surface area contributed by atoms with E-state index in [1.807, 2.05) is 11.0 Å². The first-order chi connectivity index (χ1) is 14.0. The van der Waals surface area contributed by atoms with E-state index in [-0.39, 0.29) is 22.8 Å². The van der Waals surface area contributed by atoms with Crippen molar-refractivity contribution in [2.24, 2.45) is 0 Å². The van der Waals surface area contributed by atoms with Crippen molar-refractivity contribution in [3.05, 3.63) is 65.5 Å². The van der Waals surface area contributed by atoms with Gasteiger partial charge in [0.05, 0.1) is 11.0 Å². The van der Waals surface area contributed by atoms with E-state index in [2.05, 4.69) is 88.6 Å². The minimum atomic E-state index is -0.161. The average molecular weight is 404 g/mol. The number of likely N-dealkylation sites (tertiary alicyclic amines) is 1. The predicted molar refractivity (Wildman–Crippen MR) is 123 cm³/mol. The Bertz CT molecular complexity index is 1060. The van der Waals surface area contributed by atoms with Gasteiger partial charge < -0.3 is 9.47 Å². The molecule has 1 fully saturated rings. The molecule has 0 N–H and O–H groups in total. The Morgan fingerprint density at radius 2 is 1.63 bits per heavy atom. The van der Waals surface area contributed by atoms with E-state index in [4.69, 9.17) is 4.98 Å². The summed E-state index contributed by atoms with van der Waals surface area (Å²) in [5.41, 5.74) is 4.71. The number of carbonyl (C=O) groups is 1. The highest BCUT2D eigenvalue weighted by atomic mass is 16.2. The number of aromatic nitrogens is 2. The summed E-state index contributed by atoms with van der Waals surface area (Å²) in [4.78, 5) is 19.7. The van der Waals surface area contributed by atoms with Crippen LogP contribution in [0.2, 0.25) is 0 Å². The van der Waals surface area contributed by atoms with Crippen molar-refractivity contribution in [3.63, 3.8) is 0 Å². The molecule has 158 valence electrons. The largest absolute Gasteiger partial charge is 0.337 e. The topological polar surface area (TPSA) is 38.1 Å². The Kier molecular flexibility index (Phi) is 5.00. The molecule has 1 saturated heterocycles. The van der Waals surface area contributed by atoms with E-state index in [9.17, 15) is 4.79 Å². The zero-order valence-corrected chi connectivity index (χ0v) is 19.1. The Morgan fingerprint density at radius 3 is 2.23 bits per heavy atom. The molecule has 1 unspecified atom stereocenters. The molecule has 4 nitrogen and oxygen atoms in total. The van der Waals surface area contributed by atoms with Crippen LogP contribution in [-0.2, 0) is 16.8 Å². The van der Waals surface area contributed by atoms with Gasteiger partial charge in [0.2, 0.25) is 5.91 Å². The molecule has 30 heavy (non-hydrogen) atoms. The maximum absolute atomic E-state index is 12.7. The van der Waals surface area contributed by atoms with Gasteiger partial charge in [-0.15, -0.1) is 0 Å². The van der Waals surface area contributed by atoms with Crippen LogP contribution in [0, 0.1) is 0 Å². The number of rotatable bonds is 3. The molecule has 3 aromatic rings. The second-order valence-electron chi connectivity index (χ2n) is 10.6. The zero-order chi connectivity index (χ0) is 21.7. The predicted octanol–water partition coefficient (Wildman–Crippen LogP) is 5.50. The highest BCUT2D eigenvalue weighted by Crippen LogP contribution is 2.34. The van der Waals surface area contributed by atoms with Crippen LogP contribution in [0.15, 0.2) is 48.5 Å². The summed E-state index contributed by atoms with van der Waals surface area (Å²) < 4.78 is 2.31. The summed E-state index contributed by atoms with van der Waals surface area (Å²) in [6.07, 6.45) is 0.531. The first-order valence-corrected chi connectivity index (χ1v) is 10.9. The summed E-state index contributed by atoms with van der Waals surface area (Å²) in [5.74, 6) is 1.37. The lowest BCUT2D eigenvalue weighted by Crippen LogP contribution is -2.42. The molecule has 0 aliphatic carbocycles. The van der Waals surface area contributed by atoms with Gasteiger partial charge in [-0.25, -0.2) is 4.98 Å². The third-order valence-corrected chi connectivity index (χ3v) is 6.14. The number of hydrogen-bond donors (Lipinski definition) is 0. The number of imidazole rings is 1. The van der Waals surface area contributed by atoms with Crippen molar-refractivity contribution in [1.29, 1.82) is 0 Å². The number of nitrogens with zero attached hydrogens (tertiary/aromatic N) is 3. The average Bonchev–Trinajstić information content (AvgIpc) is 3.22. The molecule has 0 bridgehead atoms. The van der Waals surface area contributed by atoms with E-state index >= 15 is 0 Å². The van der Waals surface area contributed by atoms with E-state index in [1.165, 1.54) is 11.1 Å². The molecule has 4 heteroatoms. The van der Waals surface area contributed by atoms with Gasteiger partial charge in [-0.05, 0) is 49.4 Å². The first kappa shape index (κ1) is 20.6. The number of benzene rings is 2. The Labute approximate surface area is 179 Å². The van der Waals surface area contributed by atoms with E-state index < -0.39 is 0 Å². The molecule has 2 heterocycles. The van der Waals surface area contributed by atoms with Crippen LogP contribution in [0.1, 0.15) is 70.8 Å². The van der Waals surface area contributed by atoms with Gasteiger partial charge in [0, 0.05) is 31.0 Å². The number of hydrogen-bond acceptors (Lipinski definition) is 2. The van der Waals surface area contributed by atoms with Gasteiger partial charge in [0.15, 0.2) is 0 Å². The molecular weight excluding hydrogens is 370 g/mol. The minimum absolute atomic E-state index is 0.123. The molecular formula is C26H33N3O. The van der Waals surface area contributed by atoms with Gasteiger partial charge in [0.1, 0.15) is 5.82 Å². The van der Waals surface area contributed by atoms with Crippen LogP contribution >= 0.6 is 0 Å². The van der Waals surface area contributed by atoms with Gasteiger partial charge in [-0.3, -0.25) is 4.79 Å². The number of para-hydroxylation sites is 2. The fraction of sp³-hybridized carbons (Fsp3) is 0.462. The molecule has 4 rings (SSSR count). The number of fused-ring (bicyclic) bond motifs is 1. The standard InChI is InChI=1S/C26H33N3O/c1-25(2,3)20-13-11-18(12-14-20)16-28-22-10-8-7-9-21(22)27-24(28)19-15-23(30)29(17-19)26(4,5)6/h7-14,19H,15-17H2,1-6H3. The SMILES string of the molecule is CC(C)(C)c1ccc(Cn2c(C3CC(=O)N(C(C)(C)C)C3)nc3ccccc32)cc1.